The second-order valence-electron chi connectivity index (χ2n) is 6.33. The minimum atomic E-state index is 0.204. The van der Waals surface area contributed by atoms with Crippen LogP contribution >= 0.6 is 0 Å². The Hall–Kier alpha value is -1.31. The zero-order chi connectivity index (χ0) is 16.5. The number of nitrogens with zero attached hydrogens (tertiary/aromatic N) is 1. The summed E-state index contributed by atoms with van der Waals surface area (Å²) >= 11 is 0. The summed E-state index contributed by atoms with van der Waals surface area (Å²) in [5, 5.41) is 0. The van der Waals surface area contributed by atoms with Gasteiger partial charge >= 0.3 is 0 Å². The van der Waals surface area contributed by atoms with E-state index in [1.54, 1.807) is 0 Å². The van der Waals surface area contributed by atoms with Gasteiger partial charge in [0, 0.05) is 13.0 Å². The lowest BCUT2D eigenvalue weighted by molar-refractivity contribution is -0.129. The Bertz CT molecular complexity index is 429. The molecule has 22 heavy (non-hydrogen) atoms. The van der Waals surface area contributed by atoms with E-state index in [1.807, 2.05) is 32.0 Å². The van der Waals surface area contributed by atoms with Crippen LogP contribution in [0.5, 0.6) is 0 Å². The molecule has 1 fully saturated rings. The van der Waals surface area contributed by atoms with Crippen molar-refractivity contribution in [1.29, 1.82) is 0 Å². The molecule has 1 amide bonds. The summed E-state index contributed by atoms with van der Waals surface area (Å²) in [6.07, 6.45) is 4.45. The van der Waals surface area contributed by atoms with Crippen LogP contribution in [0, 0.1) is 11.8 Å². The molecule has 1 aliphatic rings. The summed E-state index contributed by atoms with van der Waals surface area (Å²) in [4.78, 5) is 14.3. The van der Waals surface area contributed by atoms with Crippen molar-refractivity contribution in [2.45, 2.75) is 66.3 Å². The highest BCUT2D eigenvalue weighted by atomic mass is 16.2. The van der Waals surface area contributed by atoms with Crippen molar-refractivity contribution in [3.05, 3.63) is 35.9 Å². The minimum Gasteiger partial charge on any atom is -0.336 e. The number of hydrogen-bond donors (Lipinski definition) is 0. The summed E-state index contributed by atoms with van der Waals surface area (Å²) in [6, 6.07) is 10.6. The second kappa shape index (κ2) is 9.66. The van der Waals surface area contributed by atoms with E-state index in [2.05, 4.69) is 37.8 Å². The lowest BCUT2D eigenvalue weighted by atomic mass is 9.92. The Kier molecular flexibility index (Phi) is 8.22. The lowest BCUT2D eigenvalue weighted by Gasteiger charge is -2.25. The van der Waals surface area contributed by atoms with Crippen LogP contribution in [0.2, 0.25) is 0 Å². The van der Waals surface area contributed by atoms with Crippen molar-refractivity contribution < 1.29 is 4.79 Å². The van der Waals surface area contributed by atoms with Crippen LogP contribution in [-0.2, 0) is 4.79 Å². The molecule has 0 bridgehead atoms. The second-order valence-corrected chi connectivity index (χ2v) is 6.33. The summed E-state index contributed by atoms with van der Waals surface area (Å²) < 4.78 is 0. The molecule has 0 spiro atoms. The third-order valence-corrected chi connectivity index (χ3v) is 4.51. The number of carbonyl (C=O) groups excluding carboxylic acids is 1. The van der Waals surface area contributed by atoms with Crippen LogP contribution < -0.4 is 0 Å². The van der Waals surface area contributed by atoms with Gasteiger partial charge in [-0.25, -0.2) is 0 Å². The molecule has 0 aromatic heterocycles. The Morgan fingerprint density at radius 1 is 1.18 bits per heavy atom. The summed E-state index contributed by atoms with van der Waals surface area (Å²) in [5.41, 5.74) is 1.24. The highest BCUT2D eigenvalue weighted by Crippen LogP contribution is 2.32. The van der Waals surface area contributed by atoms with Gasteiger partial charge in [-0.2, -0.15) is 0 Å². The van der Waals surface area contributed by atoms with E-state index >= 15 is 0 Å². The highest BCUT2D eigenvalue weighted by Gasteiger charge is 2.33. The third-order valence-electron chi connectivity index (χ3n) is 4.51. The molecule has 1 aromatic rings. The Labute approximate surface area is 136 Å². The van der Waals surface area contributed by atoms with Gasteiger partial charge in [0.2, 0.25) is 5.91 Å². The van der Waals surface area contributed by atoms with Crippen molar-refractivity contribution >= 4 is 5.91 Å². The number of hydrogen-bond acceptors (Lipinski definition) is 1. The van der Waals surface area contributed by atoms with Gasteiger partial charge in [0.1, 0.15) is 0 Å². The van der Waals surface area contributed by atoms with Gasteiger partial charge in [0.25, 0.3) is 0 Å². The van der Waals surface area contributed by atoms with Crippen molar-refractivity contribution in [2.24, 2.45) is 11.8 Å². The van der Waals surface area contributed by atoms with Crippen LogP contribution in [-0.4, -0.2) is 17.4 Å². The molecule has 3 atom stereocenters. The van der Waals surface area contributed by atoms with Gasteiger partial charge in [-0.3, -0.25) is 4.79 Å². The van der Waals surface area contributed by atoms with Crippen LogP contribution in [0.4, 0.5) is 0 Å². The highest BCUT2D eigenvalue weighted by molar-refractivity contribution is 5.79. The molecule has 0 aliphatic carbocycles. The topological polar surface area (TPSA) is 20.3 Å². The summed E-state index contributed by atoms with van der Waals surface area (Å²) in [5.74, 6) is 1.62. The van der Waals surface area contributed by atoms with Crippen molar-refractivity contribution in [1.82, 2.24) is 4.90 Å². The average Bonchev–Trinajstić information content (AvgIpc) is 2.90. The van der Waals surface area contributed by atoms with Crippen molar-refractivity contribution in [2.75, 3.05) is 6.54 Å². The van der Waals surface area contributed by atoms with Crippen molar-refractivity contribution in [3.8, 4) is 0 Å². The van der Waals surface area contributed by atoms with Crippen LogP contribution in [0.15, 0.2) is 30.3 Å². The Morgan fingerprint density at radius 3 is 2.41 bits per heavy atom. The fourth-order valence-corrected chi connectivity index (χ4v) is 3.43. The molecule has 2 rings (SSSR count). The first-order valence-electron chi connectivity index (χ1n) is 8.96. The van der Waals surface area contributed by atoms with E-state index in [4.69, 9.17) is 0 Å². The zero-order valence-electron chi connectivity index (χ0n) is 15.0. The zero-order valence-corrected chi connectivity index (χ0v) is 15.0. The maximum Gasteiger partial charge on any atom is 0.223 e. The normalized spacial score (nSPS) is 20.3. The fraction of sp³-hybridized carbons (Fsp3) is 0.650. The fourth-order valence-electron chi connectivity index (χ4n) is 3.43. The molecule has 0 saturated carbocycles. The summed E-state index contributed by atoms with van der Waals surface area (Å²) in [6.45, 7) is 11.6. The van der Waals surface area contributed by atoms with E-state index in [1.165, 1.54) is 24.8 Å². The predicted octanol–water partition coefficient (Wildman–Crippen LogP) is 5.45. The van der Waals surface area contributed by atoms with Crippen LogP contribution in [0.1, 0.15) is 71.9 Å². The van der Waals surface area contributed by atoms with Gasteiger partial charge in [-0.1, -0.05) is 70.9 Å². The molecular weight excluding hydrogens is 270 g/mol. The molecule has 2 nitrogen and oxygen atoms in total. The first-order valence-corrected chi connectivity index (χ1v) is 8.96. The largest absolute Gasteiger partial charge is 0.336 e. The van der Waals surface area contributed by atoms with E-state index in [-0.39, 0.29) is 6.04 Å². The Morgan fingerprint density at radius 2 is 1.82 bits per heavy atom. The molecule has 124 valence electrons. The van der Waals surface area contributed by atoms with E-state index in [9.17, 15) is 4.79 Å². The molecule has 1 aromatic carbocycles. The number of carbonyl (C=O) groups is 1. The SMILES string of the molecule is CC.CCCC(C)C[C@H]1CC(=O)N([C@@H](C)c2ccccc2)C1. The monoisotopic (exact) mass is 303 g/mol. The van der Waals surface area contributed by atoms with Gasteiger partial charge in [0.15, 0.2) is 0 Å². The van der Waals surface area contributed by atoms with Gasteiger partial charge in [-0.15, -0.1) is 0 Å². The molecule has 1 unspecified atom stereocenters. The first-order chi connectivity index (χ1) is 10.6. The molecule has 1 heterocycles. The molecule has 0 radical (unpaired) electrons. The number of likely N-dealkylation sites (tertiary alicyclic amines) is 1. The quantitative estimate of drug-likeness (QED) is 0.684. The first kappa shape index (κ1) is 18.7. The Balaban J connectivity index is 0.00000116. The summed E-state index contributed by atoms with van der Waals surface area (Å²) in [7, 11) is 0. The smallest absolute Gasteiger partial charge is 0.223 e. The molecule has 1 saturated heterocycles. The lowest BCUT2D eigenvalue weighted by Crippen LogP contribution is -2.28. The number of benzene rings is 1. The average molecular weight is 303 g/mol. The van der Waals surface area contributed by atoms with E-state index in [0.717, 1.165) is 18.9 Å². The molecule has 2 heteroatoms. The van der Waals surface area contributed by atoms with Gasteiger partial charge < -0.3 is 4.90 Å². The molecule has 1 aliphatic heterocycles. The van der Waals surface area contributed by atoms with Crippen molar-refractivity contribution in [3.63, 3.8) is 0 Å². The predicted molar refractivity (Wildman–Crippen MR) is 94.7 cm³/mol. The molecule has 0 N–H and O–H groups in total. The maximum absolute atomic E-state index is 12.3. The van der Waals surface area contributed by atoms with Gasteiger partial charge in [-0.05, 0) is 30.7 Å². The van der Waals surface area contributed by atoms with E-state index in [0.29, 0.717) is 11.8 Å². The van der Waals surface area contributed by atoms with E-state index < -0.39 is 0 Å². The van der Waals surface area contributed by atoms with Crippen LogP contribution in [0.25, 0.3) is 0 Å². The molecular formula is C20H33NO. The standard InChI is InChI=1S/C18H27NO.C2H6/c1-4-8-14(2)11-16-12-18(20)19(13-16)15(3)17-9-6-5-7-10-17;1-2/h5-7,9-10,14-16H,4,8,11-13H2,1-3H3;1-2H3/t14?,15-,16-;/m0./s1. The maximum atomic E-state index is 12.3. The minimum absolute atomic E-state index is 0.204. The van der Waals surface area contributed by atoms with Crippen LogP contribution in [0.3, 0.4) is 0 Å². The number of rotatable bonds is 6. The number of amides is 1. The van der Waals surface area contributed by atoms with Gasteiger partial charge in [0.05, 0.1) is 6.04 Å². The third kappa shape index (κ3) is 5.15.